The van der Waals surface area contributed by atoms with Gasteiger partial charge in [0.25, 0.3) is 0 Å². The molecule has 8 nitrogen and oxygen atoms in total. The second kappa shape index (κ2) is 10.0. The van der Waals surface area contributed by atoms with Crippen LogP contribution in [0.2, 0.25) is 5.02 Å². The number of methoxy groups -OCH3 is 1. The Morgan fingerprint density at radius 1 is 1.09 bits per heavy atom. The molecule has 9 heteroatoms. The molecule has 0 radical (unpaired) electrons. The molecule has 0 unspecified atom stereocenters. The lowest BCUT2D eigenvalue weighted by atomic mass is 10.2. The van der Waals surface area contributed by atoms with E-state index < -0.39 is 5.97 Å². The van der Waals surface area contributed by atoms with Crippen LogP contribution >= 0.6 is 11.6 Å². The smallest absolute Gasteiger partial charge is 0.344 e. The van der Waals surface area contributed by atoms with Crippen molar-refractivity contribution in [1.82, 2.24) is 14.9 Å². The number of hydrogen-bond donors (Lipinski definition) is 0. The van der Waals surface area contributed by atoms with Gasteiger partial charge in [0.05, 0.1) is 36.2 Å². The van der Waals surface area contributed by atoms with Gasteiger partial charge in [-0.3, -0.25) is 0 Å². The average molecular weight is 482 g/mol. The number of hydrogen-bond acceptors (Lipinski definition) is 7. The number of rotatable bonds is 8. The number of halogens is 1. The maximum Gasteiger partial charge on any atom is 0.344 e. The van der Waals surface area contributed by atoms with Crippen molar-refractivity contribution in [3.63, 3.8) is 0 Å². The Kier molecular flexibility index (Phi) is 6.88. The molecule has 0 aliphatic rings. The first-order valence-electron chi connectivity index (χ1n) is 10.6. The molecular weight excluding hydrogens is 458 g/mol. The van der Waals surface area contributed by atoms with Gasteiger partial charge in [-0.25, -0.2) is 9.48 Å². The molecule has 2 heterocycles. The third-order valence-corrected chi connectivity index (χ3v) is 5.66. The van der Waals surface area contributed by atoms with E-state index in [0.29, 0.717) is 40.3 Å². The molecule has 0 saturated heterocycles. The quantitative estimate of drug-likeness (QED) is 0.315. The first-order valence-corrected chi connectivity index (χ1v) is 11.0. The number of aryl methyl sites for hydroxylation is 3. The van der Waals surface area contributed by atoms with Crippen LogP contribution in [-0.4, -0.2) is 28.0 Å². The van der Waals surface area contributed by atoms with Crippen molar-refractivity contribution in [3.8, 4) is 17.4 Å². The van der Waals surface area contributed by atoms with Crippen LogP contribution < -0.4 is 14.2 Å². The molecular formula is C25H24ClN3O5. The van der Waals surface area contributed by atoms with Crippen LogP contribution in [0.4, 0.5) is 0 Å². The van der Waals surface area contributed by atoms with Gasteiger partial charge in [-0.1, -0.05) is 35.0 Å². The lowest BCUT2D eigenvalue weighted by Gasteiger charge is -2.12. The van der Waals surface area contributed by atoms with Crippen molar-refractivity contribution < 1.29 is 23.5 Å². The minimum absolute atomic E-state index is 0.266. The Balaban J connectivity index is 1.50. The standard InChI is InChI=1S/C25H24ClN3O5/c1-15-11-24(29(27-15)13-19-7-5-6-8-21(19)26)33-25(30)18-9-10-22(23(12-18)31-4)32-14-20-16(2)28-34-17(20)3/h5-12H,13-14H2,1-4H3. The van der Waals surface area contributed by atoms with Gasteiger partial charge in [-0.15, -0.1) is 0 Å². The van der Waals surface area contributed by atoms with Crippen LogP contribution in [0.15, 0.2) is 53.1 Å². The Labute approximate surface area is 202 Å². The largest absolute Gasteiger partial charge is 0.493 e. The second-order valence-electron chi connectivity index (χ2n) is 7.72. The summed E-state index contributed by atoms with van der Waals surface area (Å²) in [5, 5.41) is 8.97. The topological polar surface area (TPSA) is 88.6 Å². The molecule has 4 rings (SSSR count). The van der Waals surface area contributed by atoms with Crippen LogP contribution in [0.3, 0.4) is 0 Å². The minimum atomic E-state index is -0.545. The van der Waals surface area contributed by atoms with E-state index in [2.05, 4.69) is 10.3 Å². The lowest BCUT2D eigenvalue weighted by Crippen LogP contribution is -2.13. The third kappa shape index (κ3) is 5.07. The molecule has 0 N–H and O–H groups in total. The van der Waals surface area contributed by atoms with E-state index in [9.17, 15) is 4.79 Å². The summed E-state index contributed by atoms with van der Waals surface area (Å²) >= 11 is 6.28. The second-order valence-corrected chi connectivity index (χ2v) is 8.13. The van der Waals surface area contributed by atoms with Crippen LogP contribution in [0.1, 0.15) is 38.6 Å². The van der Waals surface area contributed by atoms with Crippen LogP contribution in [0.25, 0.3) is 0 Å². The number of benzene rings is 2. The molecule has 2 aromatic heterocycles. The number of carbonyl (C=O) groups is 1. The molecule has 34 heavy (non-hydrogen) atoms. The van der Waals surface area contributed by atoms with Crippen molar-refractivity contribution in [2.75, 3.05) is 7.11 Å². The predicted molar refractivity (Wildman–Crippen MR) is 126 cm³/mol. The molecule has 0 spiro atoms. The molecule has 0 bridgehead atoms. The van der Waals surface area contributed by atoms with Gasteiger partial charge in [0.2, 0.25) is 5.88 Å². The lowest BCUT2D eigenvalue weighted by molar-refractivity contribution is 0.0718. The van der Waals surface area contributed by atoms with E-state index in [0.717, 1.165) is 22.5 Å². The SMILES string of the molecule is COc1cc(C(=O)Oc2cc(C)nn2Cc2ccccc2Cl)ccc1OCc1c(C)noc1C. The molecule has 0 amide bonds. The zero-order valence-electron chi connectivity index (χ0n) is 19.3. The summed E-state index contributed by atoms with van der Waals surface area (Å²) in [5.41, 5.74) is 3.53. The average Bonchev–Trinajstić information content (AvgIpc) is 3.33. The number of aromatic nitrogens is 3. The van der Waals surface area contributed by atoms with E-state index in [-0.39, 0.29) is 6.61 Å². The Hall–Kier alpha value is -3.78. The number of carbonyl (C=O) groups excluding carboxylic acids is 1. The first kappa shape index (κ1) is 23.4. The zero-order valence-corrected chi connectivity index (χ0v) is 20.0. The van der Waals surface area contributed by atoms with Crippen LogP contribution in [0.5, 0.6) is 17.4 Å². The number of esters is 1. The highest BCUT2D eigenvalue weighted by atomic mass is 35.5. The molecule has 0 aliphatic heterocycles. The Bertz CT molecular complexity index is 1310. The highest BCUT2D eigenvalue weighted by Crippen LogP contribution is 2.30. The maximum atomic E-state index is 12.9. The fraction of sp³-hybridized carbons (Fsp3) is 0.240. The Morgan fingerprint density at radius 3 is 2.59 bits per heavy atom. The first-order chi connectivity index (χ1) is 16.4. The summed E-state index contributed by atoms with van der Waals surface area (Å²) in [6.07, 6.45) is 0. The normalized spacial score (nSPS) is 10.9. The highest BCUT2D eigenvalue weighted by Gasteiger charge is 2.18. The van der Waals surface area contributed by atoms with Crippen LogP contribution in [-0.2, 0) is 13.2 Å². The fourth-order valence-corrected chi connectivity index (χ4v) is 3.63. The van der Waals surface area contributed by atoms with Gasteiger partial charge in [-0.2, -0.15) is 5.10 Å². The van der Waals surface area contributed by atoms with E-state index in [1.807, 2.05) is 39.0 Å². The number of ether oxygens (including phenoxy) is 3. The molecule has 4 aromatic rings. The molecule has 176 valence electrons. The maximum absolute atomic E-state index is 12.9. The summed E-state index contributed by atoms with van der Waals surface area (Å²) in [5.74, 6) is 1.36. The summed E-state index contributed by atoms with van der Waals surface area (Å²) in [6, 6.07) is 14.0. The minimum Gasteiger partial charge on any atom is -0.493 e. The summed E-state index contributed by atoms with van der Waals surface area (Å²) in [6.45, 7) is 6.14. The van der Waals surface area contributed by atoms with Gasteiger partial charge < -0.3 is 18.7 Å². The van der Waals surface area contributed by atoms with Gasteiger partial charge >= 0.3 is 5.97 Å². The Morgan fingerprint density at radius 2 is 1.88 bits per heavy atom. The van der Waals surface area contributed by atoms with Crippen molar-refractivity contribution >= 4 is 17.6 Å². The number of nitrogens with zero attached hydrogens (tertiary/aromatic N) is 3. The summed E-state index contributed by atoms with van der Waals surface area (Å²) in [7, 11) is 1.51. The van der Waals surface area contributed by atoms with Crippen molar-refractivity contribution in [1.29, 1.82) is 0 Å². The molecule has 0 fully saturated rings. The zero-order chi connectivity index (χ0) is 24.2. The van der Waals surface area contributed by atoms with Crippen molar-refractivity contribution in [2.45, 2.75) is 33.9 Å². The van der Waals surface area contributed by atoms with Crippen molar-refractivity contribution in [2.24, 2.45) is 0 Å². The van der Waals surface area contributed by atoms with Crippen molar-refractivity contribution in [3.05, 3.63) is 87.4 Å². The van der Waals surface area contributed by atoms with Gasteiger partial charge in [0.1, 0.15) is 12.4 Å². The van der Waals surface area contributed by atoms with E-state index in [1.165, 1.54) is 7.11 Å². The van der Waals surface area contributed by atoms with Crippen LogP contribution in [0, 0.1) is 20.8 Å². The summed E-state index contributed by atoms with van der Waals surface area (Å²) in [4.78, 5) is 12.9. The molecule has 0 aliphatic carbocycles. The summed E-state index contributed by atoms with van der Waals surface area (Å²) < 4.78 is 23.7. The molecule has 0 saturated carbocycles. The van der Waals surface area contributed by atoms with Gasteiger partial charge in [-0.05, 0) is 50.6 Å². The molecule has 0 atom stereocenters. The van der Waals surface area contributed by atoms with E-state index >= 15 is 0 Å². The van der Waals surface area contributed by atoms with Gasteiger partial charge in [0, 0.05) is 11.1 Å². The molecule has 2 aromatic carbocycles. The van der Waals surface area contributed by atoms with E-state index in [4.69, 9.17) is 30.3 Å². The van der Waals surface area contributed by atoms with E-state index in [1.54, 1.807) is 35.0 Å². The third-order valence-electron chi connectivity index (χ3n) is 5.29. The predicted octanol–water partition coefficient (Wildman–Crippen LogP) is 5.30. The highest BCUT2D eigenvalue weighted by molar-refractivity contribution is 6.31. The fourth-order valence-electron chi connectivity index (χ4n) is 3.43. The van der Waals surface area contributed by atoms with Gasteiger partial charge in [0.15, 0.2) is 11.5 Å². The monoisotopic (exact) mass is 481 g/mol.